The summed E-state index contributed by atoms with van der Waals surface area (Å²) in [6, 6.07) is 11.0. The topological polar surface area (TPSA) is 77.8 Å². The fourth-order valence-corrected chi connectivity index (χ4v) is 7.30. The Labute approximate surface area is 198 Å². The van der Waals surface area contributed by atoms with Crippen LogP contribution in [0.15, 0.2) is 46.2 Å². The summed E-state index contributed by atoms with van der Waals surface area (Å²) in [5.74, 6) is 0.471. The van der Waals surface area contributed by atoms with E-state index in [2.05, 4.69) is 0 Å². The molecule has 2 aliphatic carbocycles. The lowest BCUT2D eigenvalue weighted by Crippen LogP contribution is -2.12. The number of carboxylic acids is 1. The molecule has 6 heteroatoms. The first kappa shape index (κ1) is 23.4. The van der Waals surface area contributed by atoms with Crippen molar-refractivity contribution in [2.45, 2.75) is 90.4 Å². The Morgan fingerprint density at radius 3 is 1.50 bits per heavy atom. The molecule has 0 aromatic heterocycles. The Morgan fingerprint density at radius 1 is 0.719 bits per heavy atom. The van der Waals surface area contributed by atoms with E-state index < -0.39 is 10.6 Å². The number of rotatable bonds is 7. The lowest BCUT2D eigenvalue weighted by molar-refractivity contribution is -0.134. The third-order valence-electron chi connectivity index (χ3n) is 6.78. The SMILES string of the molecule is O=C(O)C(Sc1ccc(O)c(C2CCCCC2)c1)Sc1ccc(O)c(C2CCCCC2)c1. The predicted octanol–water partition coefficient (Wildman–Crippen LogP) is 7.49. The molecule has 2 saturated carbocycles. The molecule has 2 aromatic carbocycles. The van der Waals surface area contributed by atoms with E-state index in [4.69, 9.17) is 0 Å². The van der Waals surface area contributed by atoms with Gasteiger partial charge in [-0.25, -0.2) is 0 Å². The lowest BCUT2D eigenvalue weighted by Gasteiger charge is -2.24. The van der Waals surface area contributed by atoms with Crippen LogP contribution < -0.4 is 0 Å². The first-order chi connectivity index (χ1) is 15.5. The number of thioether (sulfide) groups is 2. The van der Waals surface area contributed by atoms with E-state index >= 15 is 0 Å². The van der Waals surface area contributed by atoms with Crippen LogP contribution in [0.25, 0.3) is 0 Å². The molecule has 3 N–H and O–H groups in total. The summed E-state index contributed by atoms with van der Waals surface area (Å²) in [6.45, 7) is 0. The summed E-state index contributed by atoms with van der Waals surface area (Å²) in [6.07, 6.45) is 11.5. The van der Waals surface area contributed by atoms with Crippen molar-refractivity contribution >= 4 is 29.5 Å². The minimum atomic E-state index is -0.875. The van der Waals surface area contributed by atoms with Crippen molar-refractivity contribution in [3.8, 4) is 11.5 Å². The highest BCUT2D eigenvalue weighted by Crippen LogP contribution is 2.43. The smallest absolute Gasteiger partial charge is 0.327 e. The van der Waals surface area contributed by atoms with E-state index in [-0.39, 0.29) is 0 Å². The number of phenolic OH excluding ortho intramolecular Hbond substituents is 2. The number of aliphatic carboxylic acids is 1. The first-order valence-electron chi connectivity index (χ1n) is 11.7. The molecule has 2 aromatic rings. The largest absolute Gasteiger partial charge is 0.508 e. The molecule has 2 aliphatic rings. The zero-order valence-electron chi connectivity index (χ0n) is 18.3. The van der Waals surface area contributed by atoms with Crippen LogP contribution in [0.5, 0.6) is 11.5 Å². The molecule has 0 spiro atoms. The standard InChI is InChI=1S/C26H32O4S2/c27-23-13-11-19(15-21(23)17-7-3-1-4-8-17)31-26(25(29)30)32-20-12-14-24(28)22(16-20)18-9-5-2-6-10-18/h11-18,26-28H,1-10H2,(H,29,30). The second kappa shape index (κ2) is 10.9. The number of carboxylic acid groups (broad SMARTS) is 1. The van der Waals surface area contributed by atoms with Crippen molar-refractivity contribution in [1.82, 2.24) is 0 Å². The fraction of sp³-hybridized carbons (Fsp3) is 0.500. The lowest BCUT2D eigenvalue weighted by atomic mass is 9.84. The summed E-state index contributed by atoms with van der Waals surface area (Å²) in [4.78, 5) is 13.8. The zero-order valence-corrected chi connectivity index (χ0v) is 20.0. The van der Waals surface area contributed by atoms with Gasteiger partial charge in [0.15, 0.2) is 4.58 Å². The monoisotopic (exact) mass is 472 g/mol. The fourth-order valence-electron chi connectivity index (χ4n) is 5.07. The molecule has 0 heterocycles. The summed E-state index contributed by atoms with van der Waals surface area (Å²) in [5.41, 5.74) is 1.90. The van der Waals surface area contributed by atoms with Crippen LogP contribution in [-0.4, -0.2) is 25.9 Å². The van der Waals surface area contributed by atoms with E-state index in [1.165, 1.54) is 62.0 Å². The third-order valence-corrected chi connectivity index (χ3v) is 9.24. The molecule has 0 amide bonds. The van der Waals surface area contributed by atoms with E-state index in [0.717, 1.165) is 46.6 Å². The molecule has 4 nitrogen and oxygen atoms in total. The van der Waals surface area contributed by atoms with Gasteiger partial charge in [0.1, 0.15) is 11.5 Å². The normalized spacial score (nSPS) is 18.2. The highest BCUT2D eigenvalue weighted by Gasteiger charge is 2.25. The van der Waals surface area contributed by atoms with Gasteiger partial charge in [-0.15, -0.1) is 0 Å². The van der Waals surface area contributed by atoms with Crippen molar-refractivity contribution in [3.05, 3.63) is 47.5 Å². The number of hydrogen-bond acceptors (Lipinski definition) is 5. The maximum atomic E-state index is 12.1. The highest BCUT2D eigenvalue weighted by atomic mass is 32.2. The average Bonchev–Trinajstić information content (AvgIpc) is 2.82. The molecule has 0 unspecified atom stereocenters. The number of hydrogen-bond donors (Lipinski definition) is 3. The van der Waals surface area contributed by atoms with Crippen molar-refractivity contribution in [2.24, 2.45) is 0 Å². The average molecular weight is 473 g/mol. The minimum absolute atomic E-state index is 0.316. The molecule has 172 valence electrons. The number of aromatic hydroxyl groups is 2. The van der Waals surface area contributed by atoms with Gasteiger partial charge in [-0.2, -0.15) is 0 Å². The van der Waals surface area contributed by atoms with E-state index in [9.17, 15) is 20.1 Å². The van der Waals surface area contributed by atoms with Crippen LogP contribution in [0, 0.1) is 0 Å². The van der Waals surface area contributed by atoms with Crippen LogP contribution in [0.1, 0.15) is 87.2 Å². The van der Waals surface area contributed by atoms with Gasteiger partial charge in [0, 0.05) is 9.79 Å². The minimum Gasteiger partial charge on any atom is -0.508 e. The van der Waals surface area contributed by atoms with Gasteiger partial charge in [0.2, 0.25) is 0 Å². The molecule has 32 heavy (non-hydrogen) atoms. The summed E-state index contributed by atoms with van der Waals surface area (Å²) >= 11 is 2.63. The highest BCUT2D eigenvalue weighted by molar-refractivity contribution is 8.18. The zero-order chi connectivity index (χ0) is 22.5. The Hall–Kier alpha value is -1.79. The number of phenols is 2. The van der Waals surface area contributed by atoms with Gasteiger partial charge >= 0.3 is 5.97 Å². The van der Waals surface area contributed by atoms with Crippen LogP contribution in [0.3, 0.4) is 0 Å². The van der Waals surface area contributed by atoms with Crippen LogP contribution in [0.4, 0.5) is 0 Å². The molecule has 0 aliphatic heterocycles. The van der Waals surface area contributed by atoms with Crippen molar-refractivity contribution in [3.63, 3.8) is 0 Å². The van der Waals surface area contributed by atoms with E-state index in [1.807, 2.05) is 24.3 Å². The quantitative estimate of drug-likeness (QED) is 0.286. The summed E-state index contributed by atoms with van der Waals surface area (Å²) in [7, 11) is 0. The molecular weight excluding hydrogens is 440 g/mol. The maximum absolute atomic E-state index is 12.1. The Kier molecular flexibility index (Phi) is 7.95. The maximum Gasteiger partial charge on any atom is 0.327 e. The summed E-state index contributed by atoms with van der Waals surface area (Å²) in [5, 5.41) is 30.7. The third kappa shape index (κ3) is 5.76. The summed E-state index contributed by atoms with van der Waals surface area (Å²) < 4.78 is -0.706. The first-order valence-corrected chi connectivity index (χ1v) is 13.5. The molecule has 2 fully saturated rings. The van der Waals surface area contributed by atoms with Crippen molar-refractivity contribution in [2.75, 3.05) is 0 Å². The van der Waals surface area contributed by atoms with Crippen LogP contribution in [0.2, 0.25) is 0 Å². The Morgan fingerprint density at radius 2 is 1.12 bits per heavy atom. The van der Waals surface area contributed by atoms with Gasteiger partial charge < -0.3 is 15.3 Å². The van der Waals surface area contributed by atoms with Crippen molar-refractivity contribution < 1.29 is 20.1 Å². The van der Waals surface area contributed by atoms with Crippen molar-refractivity contribution in [1.29, 1.82) is 0 Å². The molecule has 0 atom stereocenters. The number of carbonyl (C=O) groups is 1. The second-order valence-electron chi connectivity index (χ2n) is 9.02. The van der Waals surface area contributed by atoms with Gasteiger partial charge in [-0.3, -0.25) is 4.79 Å². The van der Waals surface area contributed by atoms with Gasteiger partial charge in [-0.05, 0) is 85.0 Å². The molecular formula is C26H32O4S2. The second-order valence-corrected chi connectivity index (χ2v) is 11.7. The van der Waals surface area contributed by atoms with Gasteiger partial charge in [0.05, 0.1) is 0 Å². The van der Waals surface area contributed by atoms with E-state index in [0.29, 0.717) is 23.3 Å². The molecule has 4 rings (SSSR count). The molecule has 0 radical (unpaired) electrons. The molecule has 0 saturated heterocycles. The Bertz CT molecular complexity index is 864. The van der Waals surface area contributed by atoms with E-state index in [1.54, 1.807) is 12.1 Å². The Balaban J connectivity index is 1.51. The predicted molar refractivity (Wildman–Crippen MR) is 131 cm³/mol. The van der Waals surface area contributed by atoms with Crippen LogP contribution in [-0.2, 0) is 4.79 Å². The molecule has 0 bridgehead atoms. The van der Waals surface area contributed by atoms with Crippen LogP contribution >= 0.6 is 23.5 Å². The number of benzene rings is 2. The van der Waals surface area contributed by atoms with Gasteiger partial charge in [0.25, 0.3) is 0 Å². The van der Waals surface area contributed by atoms with Gasteiger partial charge in [-0.1, -0.05) is 62.0 Å².